The molecule has 0 aliphatic rings. The van der Waals surface area contributed by atoms with Gasteiger partial charge in [-0.3, -0.25) is 0 Å². The van der Waals surface area contributed by atoms with Crippen molar-refractivity contribution in [1.82, 2.24) is 0 Å². The zero-order valence-electron chi connectivity index (χ0n) is 11.1. The van der Waals surface area contributed by atoms with Gasteiger partial charge in [-0.05, 0) is 54.2 Å². The van der Waals surface area contributed by atoms with Gasteiger partial charge in [0.15, 0.2) is 0 Å². The van der Waals surface area contributed by atoms with Crippen molar-refractivity contribution in [2.75, 3.05) is 0 Å². The summed E-state index contributed by atoms with van der Waals surface area (Å²) in [6, 6.07) is 14.9. The van der Waals surface area contributed by atoms with E-state index >= 15 is 0 Å². The third-order valence-corrected chi connectivity index (χ3v) is 3.47. The summed E-state index contributed by atoms with van der Waals surface area (Å²) in [5.74, 6) is 0. The fourth-order valence-electron chi connectivity index (χ4n) is 2.27. The SMILES string of the molecule is Cc1cc(CC#N)ccc1-c1cccc(C)c1C. The second-order valence-electron chi connectivity index (χ2n) is 4.73. The number of hydrogen-bond acceptors (Lipinski definition) is 1. The van der Waals surface area contributed by atoms with Gasteiger partial charge < -0.3 is 0 Å². The highest BCUT2D eigenvalue weighted by atomic mass is 14.2. The first kappa shape index (κ1) is 12.4. The molecule has 1 heteroatoms. The second-order valence-corrected chi connectivity index (χ2v) is 4.73. The van der Waals surface area contributed by atoms with Crippen molar-refractivity contribution in [1.29, 1.82) is 5.26 Å². The number of rotatable bonds is 2. The number of nitriles is 1. The summed E-state index contributed by atoms with van der Waals surface area (Å²) in [4.78, 5) is 0. The lowest BCUT2D eigenvalue weighted by Crippen LogP contribution is -1.91. The maximum Gasteiger partial charge on any atom is 0.0669 e. The zero-order chi connectivity index (χ0) is 13.1. The van der Waals surface area contributed by atoms with Gasteiger partial charge in [0, 0.05) is 0 Å². The van der Waals surface area contributed by atoms with Gasteiger partial charge in [0.25, 0.3) is 0 Å². The molecule has 0 unspecified atom stereocenters. The Morgan fingerprint density at radius 3 is 2.39 bits per heavy atom. The number of hydrogen-bond donors (Lipinski definition) is 0. The first-order chi connectivity index (χ1) is 8.63. The maximum atomic E-state index is 8.73. The molecule has 0 aliphatic heterocycles. The molecule has 2 aromatic rings. The first-order valence-corrected chi connectivity index (χ1v) is 6.16. The van der Waals surface area contributed by atoms with E-state index < -0.39 is 0 Å². The van der Waals surface area contributed by atoms with Gasteiger partial charge in [0.2, 0.25) is 0 Å². The van der Waals surface area contributed by atoms with Crippen molar-refractivity contribution in [2.45, 2.75) is 27.2 Å². The summed E-state index contributed by atoms with van der Waals surface area (Å²) in [5, 5.41) is 8.73. The molecule has 0 aromatic heterocycles. The molecule has 0 fully saturated rings. The average Bonchev–Trinajstić information content (AvgIpc) is 2.34. The van der Waals surface area contributed by atoms with Crippen LogP contribution in [-0.4, -0.2) is 0 Å². The molecule has 0 saturated carbocycles. The number of nitrogens with zero attached hydrogens (tertiary/aromatic N) is 1. The molecule has 90 valence electrons. The smallest absolute Gasteiger partial charge is 0.0669 e. The first-order valence-electron chi connectivity index (χ1n) is 6.16. The summed E-state index contributed by atoms with van der Waals surface area (Å²) in [6.45, 7) is 6.41. The van der Waals surface area contributed by atoms with Gasteiger partial charge in [-0.15, -0.1) is 0 Å². The Hall–Kier alpha value is -2.07. The highest BCUT2D eigenvalue weighted by molar-refractivity contribution is 5.71. The third-order valence-electron chi connectivity index (χ3n) is 3.47. The molecule has 0 heterocycles. The van der Waals surface area contributed by atoms with E-state index in [4.69, 9.17) is 5.26 Å². The molecule has 0 atom stereocenters. The molecule has 1 nitrogen and oxygen atoms in total. The van der Waals surface area contributed by atoms with E-state index in [-0.39, 0.29) is 0 Å². The molecule has 0 bridgehead atoms. The fraction of sp³-hybridized carbons (Fsp3) is 0.235. The van der Waals surface area contributed by atoms with Crippen molar-refractivity contribution in [2.24, 2.45) is 0 Å². The molecule has 0 amide bonds. The van der Waals surface area contributed by atoms with Crippen LogP contribution >= 0.6 is 0 Å². The Morgan fingerprint density at radius 1 is 0.944 bits per heavy atom. The van der Waals surface area contributed by atoms with Gasteiger partial charge in [-0.25, -0.2) is 0 Å². The Balaban J connectivity index is 2.52. The molecular formula is C17H17N. The topological polar surface area (TPSA) is 23.8 Å². The van der Waals surface area contributed by atoms with Gasteiger partial charge in [-0.1, -0.05) is 36.4 Å². The zero-order valence-corrected chi connectivity index (χ0v) is 11.1. The maximum absolute atomic E-state index is 8.73. The highest BCUT2D eigenvalue weighted by Crippen LogP contribution is 2.28. The van der Waals surface area contributed by atoms with E-state index in [9.17, 15) is 0 Å². The minimum absolute atomic E-state index is 0.480. The monoisotopic (exact) mass is 235 g/mol. The molecule has 18 heavy (non-hydrogen) atoms. The Bertz CT molecular complexity index is 618. The van der Waals surface area contributed by atoms with Gasteiger partial charge in [0.1, 0.15) is 0 Å². The van der Waals surface area contributed by atoms with Crippen molar-refractivity contribution >= 4 is 0 Å². The van der Waals surface area contributed by atoms with Crippen LogP contribution in [0.15, 0.2) is 36.4 Å². The number of benzene rings is 2. The Labute approximate surface area is 109 Å². The number of aryl methyl sites for hydroxylation is 2. The van der Waals surface area contributed by atoms with Crippen LogP contribution in [0.1, 0.15) is 22.3 Å². The van der Waals surface area contributed by atoms with E-state index in [1.807, 2.05) is 6.07 Å². The molecule has 2 aromatic carbocycles. The van der Waals surface area contributed by atoms with Crippen LogP contribution in [0.2, 0.25) is 0 Å². The fourth-order valence-corrected chi connectivity index (χ4v) is 2.27. The van der Waals surface area contributed by atoms with E-state index in [0.717, 1.165) is 5.56 Å². The molecule has 0 N–H and O–H groups in total. The Morgan fingerprint density at radius 2 is 1.72 bits per heavy atom. The quantitative estimate of drug-likeness (QED) is 0.759. The largest absolute Gasteiger partial charge is 0.198 e. The standard InChI is InChI=1S/C17H17N/c1-12-5-4-6-17(14(12)3)16-8-7-15(9-10-18)11-13(16)2/h4-8,11H,9H2,1-3H3. The summed E-state index contributed by atoms with van der Waals surface area (Å²) >= 11 is 0. The van der Waals surface area contributed by atoms with Gasteiger partial charge in [-0.2, -0.15) is 5.26 Å². The molecule has 0 spiro atoms. The molecule has 0 saturated heterocycles. The van der Waals surface area contributed by atoms with Crippen LogP contribution in [0.25, 0.3) is 11.1 Å². The van der Waals surface area contributed by atoms with Crippen LogP contribution in [0.3, 0.4) is 0 Å². The van der Waals surface area contributed by atoms with E-state index in [2.05, 4.69) is 57.2 Å². The minimum Gasteiger partial charge on any atom is -0.198 e. The molecule has 2 rings (SSSR count). The molecule has 0 aliphatic carbocycles. The normalized spacial score (nSPS) is 10.1. The predicted octanol–water partition coefficient (Wildman–Crippen LogP) is 4.34. The van der Waals surface area contributed by atoms with Crippen LogP contribution in [0, 0.1) is 32.1 Å². The lowest BCUT2D eigenvalue weighted by Gasteiger charge is -2.12. The minimum atomic E-state index is 0.480. The molecule has 0 radical (unpaired) electrons. The van der Waals surface area contributed by atoms with E-state index in [0.29, 0.717) is 6.42 Å². The third kappa shape index (κ3) is 2.28. The van der Waals surface area contributed by atoms with Crippen molar-refractivity contribution in [3.05, 3.63) is 58.7 Å². The van der Waals surface area contributed by atoms with Gasteiger partial charge in [0.05, 0.1) is 12.5 Å². The lowest BCUT2D eigenvalue weighted by atomic mass is 9.93. The lowest BCUT2D eigenvalue weighted by molar-refractivity contribution is 1.24. The van der Waals surface area contributed by atoms with E-state index in [1.54, 1.807) is 0 Å². The highest BCUT2D eigenvalue weighted by Gasteiger charge is 2.07. The summed E-state index contributed by atoms with van der Waals surface area (Å²) in [5.41, 5.74) is 7.51. The van der Waals surface area contributed by atoms with Crippen molar-refractivity contribution < 1.29 is 0 Å². The van der Waals surface area contributed by atoms with Crippen molar-refractivity contribution in [3.8, 4) is 17.2 Å². The van der Waals surface area contributed by atoms with E-state index in [1.165, 1.54) is 27.8 Å². The summed E-state index contributed by atoms with van der Waals surface area (Å²) < 4.78 is 0. The van der Waals surface area contributed by atoms with Crippen molar-refractivity contribution in [3.63, 3.8) is 0 Å². The average molecular weight is 235 g/mol. The van der Waals surface area contributed by atoms with Crippen LogP contribution < -0.4 is 0 Å². The Kier molecular flexibility index (Phi) is 3.48. The molecular weight excluding hydrogens is 218 g/mol. The predicted molar refractivity (Wildman–Crippen MR) is 75.4 cm³/mol. The summed E-state index contributed by atoms with van der Waals surface area (Å²) in [7, 11) is 0. The second kappa shape index (κ2) is 5.06. The van der Waals surface area contributed by atoms with Crippen LogP contribution in [0.5, 0.6) is 0 Å². The summed E-state index contributed by atoms with van der Waals surface area (Å²) in [6.07, 6.45) is 0.480. The van der Waals surface area contributed by atoms with Gasteiger partial charge >= 0.3 is 0 Å². The van der Waals surface area contributed by atoms with Crippen LogP contribution in [0.4, 0.5) is 0 Å². The van der Waals surface area contributed by atoms with Crippen LogP contribution in [-0.2, 0) is 6.42 Å².